The minimum absolute atomic E-state index is 0.0398. The summed E-state index contributed by atoms with van der Waals surface area (Å²) in [5.74, 6) is -0.435. The molecule has 6 nitrogen and oxygen atoms in total. The number of anilines is 1. The summed E-state index contributed by atoms with van der Waals surface area (Å²) >= 11 is 0. The Balaban J connectivity index is 1.38. The van der Waals surface area contributed by atoms with Crippen LogP contribution in [0.25, 0.3) is 11.1 Å². The summed E-state index contributed by atoms with van der Waals surface area (Å²) in [6.45, 7) is 2.10. The maximum atomic E-state index is 12.5. The number of rotatable bonds is 6. The molecule has 0 saturated heterocycles. The maximum Gasteiger partial charge on any atom is 0.407 e. The van der Waals surface area contributed by atoms with Crippen molar-refractivity contribution in [2.75, 3.05) is 18.5 Å². The average molecular weight is 415 g/mol. The lowest BCUT2D eigenvalue weighted by Gasteiger charge is -2.18. The van der Waals surface area contributed by atoms with Crippen molar-refractivity contribution in [1.82, 2.24) is 5.32 Å². The number of benzene rings is 3. The van der Waals surface area contributed by atoms with Crippen molar-refractivity contribution < 1.29 is 14.3 Å². The standard InChI is InChI=1S/C25H25N3O3/c1-16-10-12-17(13-11-16)27-24(29)23(14-26)28-25(30)31-15-22-20-8-4-2-6-18(20)19-7-3-5-9-21(19)22/h2-13,22-23H,14-15,26H2,1H3,(H,27,29)(H,28,30)/t23-/m0/s1. The number of amides is 2. The van der Waals surface area contributed by atoms with Crippen molar-refractivity contribution in [3.05, 3.63) is 89.5 Å². The number of fused-ring (bicyclic) bond motifs is 3. The molecule has 1 atom stereocenters. The molecule has 158 valence electrons. The van der Waals surface area contributed by atoms with Crippen molar-refractivity contribution in [2.24, 2.45) is 5.73 Å². The molecular formula is C25H25N3O3. The van der Waals surface area contributed by atoms with E-state index in [4.69, 9.17) is 10.5 Å². The number of nitrogens with one attached hydrogen (secondary N) is 2. The van der Waals surface area contributed by atoms with E-state index in [9.17, 15) is 9.59 Å². The number of carbonyl (C=O) groups excluding carboxylic acids is 2. The molecule has 0 aliphatic heterocycles. The van der Waals surface area contributed by atoms with E-state index in [1.807, 2.05) is 43.3 Å². The molecule has 0 fully saturated rings. The molecule has 0 heterocycles. The number of ether oxygens (including phenoxy) is 1. The molecule has 2 amide bonds. The van der Waals surface area contributed by atoms with Crippen LogP contribution in [-0.4, -0.2) is 31.2 Å². The van der Waals surface area contributed by atoms with Crippen LogP contribution in [0, 0.1) is 6.92 Å². The molecule has 0 radical (unpaired) electrons. The van der Waals surface area contributed by atoms with E-state index in [-0.39, 0.29) is 25.0 Å². The summed E-state index contributed by atoms with van der Waals surface area (Å²) in [4.78, 5) is 24.9. The third-order valence-electron chi connectivity index (χ3n) is 5.51. The minimum Gasteiger partial charge on any atom is -0.449 e. The molecule has 1 aliphatic carbocycles. The van der Waals surface area contributed by atoms with Crippen molar-refractivity contribution >= 4 is 17.7 Å². The van der Waals surface area contributed by atoms with Crippen molar-refractivity contribution in [3.63, 3.8) is 0 Å². The topological polar surface area (TPSA) is 93.5 Å². The van der Waals surface area contributed by atoms with Gasteiger partial charge < -0.3 is 21.1 Å². The predicted molar refractivity (Wildman–Crippen MR) is 121 cm³/mol. The van der Waals surface area contributed by atoms with Crippen molar-refractivity contribution in [2.45, 2.75) is 18.9 Å². The monoisotopic (exact) mass is 415 g/mol. The van der Waals surface area contributed by atoms with Gasteiger partial charge in [-0.25, -0.2) is 4.79 Å². The number of carbonyl (C=O) groups is 2. The highest BCUT2D eigenvalue weighted by atomic mass is 16.5. The van der Waals surface area contributed by atoms with E-state index in [0.717, 1.165) is 27.8 Å². The summed E-state index contributed by atoms with van der Waals surface area (Å²) in [6, 6.07) is 22.7. The molecule has 4 rings (SSSR count). The number of hydrogen-bond donors (Lipinski definition) is 3. The number of aryl methyl sites for hydroxylation is 1. The zero-order chi connectivity index (χ0) is 21.8. The number of alkyl carbamates (subject to hydrolysis) is 1. The van der Waals surface area contributed by atoms with E-state index >= 15 is 0 Å². The average Bonchev–Trinajstić information content (AvgIpc) is 3.11. The summed E-state index contributed by atoms with van der Waals surface area (Å²) < 4.78 is 5.50. The Morgan fingerprint density at radius 1 is 0.935 bits per heavy atom. The van der Waals surface area contributed by atoms with Gasteiger partial charge in [0.15, 0.2) is 0 Å². The van der Waals surface area contributed by atoms with Crippen LogP contribution < -0.4 is 16.4 Å². The Kier molecular flexibility index (Phi) is 6.00. The van der Waals surface area contributed by atoms with E-state index in [2.05, 4.69) is 34.9 Å². The quantitative estimate of drug-likeness (QED) is 0.571. The molecule has 3 aromatic rings. The lowest BCUT2D eigenvalue weighted by Crippen LogP contribution is -2.48. The molecule has 3 aromatic carbocycles. The van der Waals surface area contributed by atoms with Gasteiger partial charge >= 0.3 is 6.09 Å². The molecule has 0 bridgehead atoms. The Labute approximate surface area is 181 Å². The van der Waals surface area contributed by atoms with Gasteiger partial charge in [0.1, 0.15) is 12.6 Å². The fourth-order valence-electron chi connectivity index (χ4n) is 3.88. The van der Waals surface area contributed by atoms with Gasteiger partial charge in [-0.15, -0.1) is 0 Å². The molecule has 0 aromatic heterocycles. The first-order valence-corrected chi connectivity index (χ1v) is 10.3. The second-order valence-corrected chi connectivity index (χ2v) is 7.61. The summed E-state index contributed by atoms with van der Waals surface area (Å²) in [7, 11) is 0. The van der Waals surface area contributed by atoms with Gasteiger partial charge in [0.2, 0.25) is 5.91 Å². The Morgan fingerprint density at radius 3 is 2.10 bits per heavy atom. The Bertz CT molecular complexity index is 1050. The van der Waals surface area contributed by atoms with E-state index < -0.39 is 12.1 Å². The number of hydrogen-bond acceptors (Lipinski definition) is 4. The third kappa shape index (κ3) is 4.44. The van der Waals surface area contributed by atoms with E-state index in [1.165, 1.54) is 0 Å². The lowest BCUT2D eigenvalue weighted by atomic mass is 9.98. The fourth-order valence-corrected chi connectivity index (χ4v) is 3.88. The van der Waals surface area contributed by atoms with Gasteiger partial charge in [-0.05, 0) is 41.3 Å². The van der Waals surface area contributed by atoms with Gasteiger partial charge in [0.25, 0.3) is 0 Å². The lowest BCUT2D eigenvalue weighted by molar-refractivity contribution is -0.117. The van der Waals surface area contributed by atoms with Crippen LogP contribution in [0.1, 0.15) is 22.6 Å². The first-order valence-electron chi connectivity index (χ1n) is 10.3. The largest absolute Gasteiger partial charge is 0.449 e. The smallest absolute Gasteiger partial charge is 0.407 e. The molecule has 0 spiro atoms. The normalized spacial score (nSPS) is 13.1. The van der Waals surface area contributed by atoms with Crippen LogP contribution in [0.15, 0.2) is 72.8 Å². The second kappa shape index (κ2) is 9.02. The van der Waals surface area contributed by atoms with Crippen LogP contribution in [0.5, 0.6) is 0 Å². The summed E-state index contributed by atoms with van der Waals surface area (Å²) in [6.07, 6.45) is -0.670. The second-order valence-electron chi connectivity index (χ2n) is 7.61. The van der Waals surface area contributed by atoms with Gasteiger partial charge in [0, 0.05) is 18.2 Å². The number of nitrogens with two attached hydrogens (primary N) is 1. The molecule has 1 aliphatic rings. The highest BCUT2D eigenvalue weighted by Crippen LogP contribution is 2.44. The SMILES string of the molecule is Cc1ccc(NC(=O)[C@H](CN)NC(=O)OCC2c3ccccc3-c3ccccc32)cc1. The Hall–Kier alpha value is -3.64. The van der Waals surface area contributed by atoms with Crippen molar-refractivity contribution in [3.8, 4) is 11.1 Å². The van der Waals surface area contributed by atoms with Crippen LogP contribution in [0.4, 0.5) is 10.5 Å². The van der Waals surface area contributed by atoms with Crippen LogP contribution in [0.2, 0.25) is 0 Å². The summed E-state index contributed by atoms with van der Waals surface area (Å²) in [5, 5.41) is 5.33. The van der Waals surface area contributed by atoms with Gasteiger partial charge in [-0.1, -0.05) is 66.2 Å². The first-order chi connectivity index (χ1) is 15.1. The third-order valence-corrected chi connectivity index (χ3v) is 5.51. The molecule has 0 saturated carbocycles. The van der Waals surface area contributed by atoms with Gasteiger partial charge in [0.05, 0.1) is 0 Å². The molecule has 0 unspecified atom stereocenters. The van der Waals surface area contributed by atoms with E-state index in [0.29, 0.717) is 5.69 Å². The zero-order valence-corrected chi connectivity index (χ0v) is 17.3. The Morgan fingerprint density at radius 2 is 1.52 bits per heavy atom. The predicted octanol–water partition coefficient (Wildman–Crippen LogP) is 3.80. The molecule has 4 N–H and O–H groups in total. The molecule has 6 heteroatoms. The van der Waals surface area contributed by atoms with Crippen molar-refractivity contribution in [1.29, 1.82) is 0 Å². The van der Waals surface area contributed by atoms with Crippen LogP contribution >= 0.6 is 0 Å². The zero-order valence-electron chi connectivity index (χ0n) is 17.3. The highest BCUT2D eigenvalue weighted by Gasteiger charge is 2.29. The highest BCUT2D eigenvalue weighted by molar-refractivity contribution is 5.96. The van der Waals surface area contributed by atoms with Gasteiger partial charge in [-0.3, -0.25) is 4.79 Å². The van der Waals surface area contributed by atoms with E-state index in [1.54, 1.807) is 12.1 Å². The minimum atomic E-state index is -0.892. The summed E-state index contributed by atoms with van der Waals surface area (Å²) in [5.41, 5.74) is 12.0. The molecule has 31 heavy (non-hydrogen) atoms. The van der Waals surface area contributed by atoms with Crippen LogP contribution in [0.3, 0.4) is 0 Å². The maximum absolute atomic E-state index is 12.5. The first kappa shape index (κ1) is 20.6. The molecular weight excluding hydrogens is 390 g/mol. The fraction of sp³-hybridized carbons (Fsp3) is 0.200. The van der Waals surface area contributed by atoms with Crippen LogP contribution in [-0.2, 0) is 9.53 Å². The van der Waals surface area contributed by atoms with Gasteiger partial charge in [-0.2, -0.15) is 0 Å².